The van der Waals surface area contributed by atoms with Gasteiger partial charge < -0.3 is 5.73 Å². The van der Waals surface area contributed by atoms with Gasteiger partial charge in [-0.05, 0) is 59.9 Å². The summed E-state index contributed by atoms with van der Waals surface area (Å²) in [5.74, 6) is 1.64. The number of aromatic nitrogens is 1. The molecule has 3 rings (SSSR count). The molecule has 0 aliphatic carbocycles. The van der Waals surface area contributed by atoms with Crippen molar-refractivity contribution in [2.24, 2.45) is 11.7 Å². The molecule has 0 fully saturated rings. The van der Waals surface area contributed by atoms with Gasteiger partial charge in [0.05, 0.1) is 10.6 Å². The second-order valence-electron chi connectivity index (χ2n) is 6.30. The Bertz CT molecular complexity index is 720. The lowest BCUT2D eigenvalue weighted by molar-refractivity contribution is 0.100. The minimum atomic E-state index is -0.329. The Kier molecular flexibility index (Phi) is 7.72. The molecule has 1 amide bonds. The maximum atomic E-state index is 10.6. The monoisotopic (exact) mass is 374 g/mol. The second kappa shape index (κ2) is 9.78. The maximum absolute atomic E-state index is 10.6. The Morgan fingerprint density at radius 1 is 1.28 bits per heavy atom. The lowest BCUT2D eigenvalue weighted by Gasteiger charge is -2.08. The first-order valence-corrected chi connectivity index (χ1v) is 10.5. The van der Waals surface area contributed by atoms with Crippen LogP contribution in [-0.4, -0.2) is 16.6 Å². The molecule has 2 aromatic heterocycles. The molecule has 134 valence electrons. The number of carbonyl (C=O) groups excluding carboxylic acids is 1. The highest BCUT2D eigenvalue weighted by Crippen LogP contribution is 2.40. The SMILES string of the molecule is CC(C)CC1=C(c2ccccn2)CCS1.CCc1ccc(C(N)=O)s1. The van der Waals surface area contributed by atoms with Gasteiger partial charge in [-0.3, -0.25) is 9.78 Å². The number of hydrogen-bond acceptors (Lipinski definition) is 4. The molecule has 0 saturated heterocycles. The lowest BCUT2D eigenvalue weighted by atomic mass is 10.0. The fourth-order valence-corrected chi connectivity index (χ4v) is 4.75. The minimum absolute atomic E-state index is 0.329. The van der Waals surface area contributed by atoms with Crippen molar-refractivity contribution in [1.29, 1.82) is 0 Å². The number of amides is 1. The summed E-state index contributed by atoms with van der Waals surface area (Å²) in [6.07, 6.45) is 5.25. The summed E-state index contributed by atoms with van der Waals surface area (Å²) in [6.45, 7) is 6.61. The van der Waals surface area contributed by atoms with Crippen molar-refractivity contribution in [1.82, 2.24) is 4.98 Å². The van der Waals surface area contributed by atoms with E-state index < -0.39 is 0 Å². The number of allylic oxidation sites excluding steroid dienone is 2. The number of hydrogen-bond donors (Lipinski definition) is 1. The fourth-order valence-electron chi connectivity index (χ4n) is 2.57. The zero-order chi connectivity index (χ0) is 18.2. The number of nitrogens with zero attached hydrogens (tertiary/aromatic N) is 1. The lowest BCUT2D eigenvalue weighted by Crippen LogP contribution is -2.07. The van der Waals surface area contributed by atoms with Gasteiger partial charge in [0.25, 0.3) is 5.91 Å². The molecule has 0 aromatic carbocycles. The van der Waals surface area contributed by atoms with E-state index in [-0.39, 0.29) is 5.91 Å². The van der Waals surface area contributed by atoms with Gasteiger partial charge in [-0.25, -0.2) is 0 Å². The average molecular weight is 375 g/mol. The number of thioether (sulfide) groups is 1. The van der Waals surface area contributed by atoms with Gasteiger partial charge in [-0.15, -0.1) is 23.1 Å². The van der Waals surface area contributed by atoms with Gasteiger partial charge in [0.15, 0.2) is 0 Å². The molecule has 0 saturated carbocycles. The standard InChI is InChI=1S/C13H17NS.C7H9NOS/c1-10(2)9-13-11(6-8-15-13)12-5-3-4-7-14-12;1-2-5-3-4-6(10-5)7(8)9/h3-5,7,10H,6,8-9H2,1-2H3;3-4H,2H2,1H3,(H2,8,9). The van der Waals surface area contributed by atoms with Crippen LogP contribution in [0.4, 0.5) is 0 Å². The van der Waals surface area contributed by atoms with Crippen LogP contribution >= 0.6 is 23.1 Å². The normalized spacial score (nSPS) is 13.8. The minimum Gasteiger partial charge on any atom is -0.365 e. The summed E-state index contributed by atoms with van der Waals surface area (Å²) in [6, 6.07) is 9.89. The van der Waals surface area contributed by atoms with E-state index in [1.54, 1.807) is 11.0 Å². The second-order valence-corrected chi connectivity index (χ2v) is 8.65. The summed E-state index contributed by atoms with van der Waals surface area (Å²) >= 11 is 3.48. The number of pyridine rings is 1. The van der Waals surface area contributed by atoms with E-state index in [1.807, 2.05) is 30.1 Å². The highest BCUT2D eigenvalue weighted by atomic mass is 32.2. The largest absolute Gasteiger partial charge is 0.365 e. The maximum Gasteiger partial charge on any atom is 0.258 e. The molecular weight excluding hydrogens is 348 g/mol. The van der Waals surface area contributed by atoms with E-state index in [4.69, 9.17) is 5.73 Å². The van der Waals surface area contributed by atoms with E-state index in [9.17, 15) is 4.79 Å². The summed E-state index contributed by atoms with van der Waals surface area (Å²) in [5, 5.41) is 0. The first-order valence-electron chi connectivity index (χ1n) is 8.66. The van der Waals surface area contributed by atoms with Crippen molar-refractivity contribution in [2.75, 3.05) is 5.75 Å². The van der Waals surface area contributed by atoms with Crippen molar-refractivity contribution in [3.63, 3.8) is 0 Å². The molecular formula is C20H26N2OS2. The Morgan fingerprint density at radius 2 is 2.08 bits per heavy atom. The van der Waals surface area contributed by atoms with Crippen LogP contribution in [0.1, 0.15) is 53.9 Å². The first-order chi connectivity index (χ1) is 12.0. The number of thiophene rings is 1. The summed E-state index contributed by atoms with van der Waals surface area (Å²) in [5.41, 5.74) is 7.71. The third-order valence-electron chi connectivity index (χ3n) is 3.79. The Morgan fingerprint density at radius 3 is 2.60 bits per heavy atom. The Balaban J connectivity index is 0.000000196. The van der Waals surface area contributed by atoms with Crippen LogP contribution in [0.15, 0.2) is 41.4 Å². The molecule has 0 radical (unpaired) electrons. The molecule has 0 bridgehead atoms. The molecule has 3 heterocycles. The van der Waals surface area contributed by atoms with E-state index in [1.165, 1.54) is 46.1 Å². The van der Waals surface area contributed by atoms with Gasteiger partial charge >= 0.3 is 0 Å². The van der Waals surface area contributed by atoms with Crippen LogP contribution in [0.5, 0.6) is 0 Å². The molecule has 0 atom stereocenters. The van der Waals surface area contributed by atoms with Crippen LogP contribution in [0.25, 0.3) is 5.57 Å². The van der Waals surface area contributed by atoms with E-state index in [0.29, 0.717) is 4.88 Å². The van der Waals surface area contributed by atoms with Crippen molar-refractivity contribution in [3.8, 4) is 0 Å². The van der Waals surface area contributed by atoms with Crippen LogP contribution in [0, 0.1) is 5.92 Å². The van der Waals surface area contributed by atoms with Crippen LogP contribution in [-0.2, 0) is 6.42 Å². The Labute approximate surface area is 158 Å². The number of nitrogens with two attached hydrogens (primary N) is 1. The van der Waals surface area contributed by atoms with Gasteiger partial charge in [-0.1, -0.05) is 26.8 Å². The molecule has 0 unspecified atom stereocenters. The number of primary amides is 1. The average Bonchev–Trinajstić information content (AvgIpc) is 3.25. The molecule has 2 N–H and O–H groups in total. The molecule has 3 nitrogen and oxygen atoms in total. The van der Waals surface area contributed by atoms with Gasteiger partial charge in [0.1, 0.15) is 0 Å². The van der Waals surface area contributed by atoms with Crippen LogP contribution < -0.4 is 5.73 Å². The number of aryl methyl sites for hydroxylation is 1. The zero-order valence-electron chi connectivity index (χ0n) is 15.1. The van der Waals surface area contributed by atoms with E-state index in [0.717, 1.165) is 12.3 Å². The quantitative estimate of drug-likeness (QED) is 0.764. The summed E-state index contributed by atoms with van der Waals surface area (Å²) in [7, 11) is 0. The predicted octanol–water partition coefficient (Wildman–Crippen LogP) is 5.39. The summed E-state index contributed by atoms with van der Waals surface area (Å²) in [4.78, 5) is 18.4. The topological polar surface area (TPSA) is 56.0 Å². The molecule has 25 heavy (non-hydrogen) atoms. The number of rotatable bonds is 5. The van der Waals surface area contributed by atoms with Crippen LogP contribution in [0.3, 0.4) is 0 Å². The van der Waals surface area contributed by atoms with Crippen molar-refractivity contribution < 1.29 is 4.79 Å². The van der Waals surface area contributed by atoms with Gasteiger partial charge in [0.2, 0.25) is 0 Å². The van der Waals surface area contributed by atoms with Gasteiger partial charge in [-0.2, -0.15) is 0 Å². The molecule has 5 heteroatoms. The van der Waals surface area contributed by atoms with Crippen molar-refractivity contribution in [3.05, 3.63) is 56.9 Å². The smallest absolute Gasteiger partial charge is 0.258 e. The van der Waals surface area contributed by atoms with Crippen molar-refractivity contribution >= 4 is 34.6 Å². The zero-order valence-corrected chi connectivity index (χ0v) is 16.8. The predicted molar refractivity (Wildman–Crippen MR) is 110 cm³/mol. The van der Waals surface area contributed by atoms with Crippen molar-refractivity contribution in [2.45, 2.75) is 40.0 Å². The molecule has 2 aromatic rings. The Hall–Kier alpha value is -1.59. The fraction of sp³-hybridized carbons (Fsp3) is 0.400. The summed E-state index contributed by atoms with van der Waals surface area (Å²) < 4.78 is 0. The number of carbonyl (C=O) groups is 1. The van der Waals surface area contributed by atoms with Crippen LogP contribution in [0.2, 0.25) is 0 Å². The van der Waals surface area contributed by atoms with Gasteiger partial charge in [0, 0.05) is 16.8 Å². The molecule has 0 spiro atoms. The van der Waals surface area contributed by atoms with E-state index in [2.05, 4.69) is 37.9 Å². The molecule has 1 aliphatic rings. The third-order valence-corrected chi connectivity index (χ3v) is 6.20. The first kappa shape index (κ1) is 19.7. The van der Waals surface area contributed by atoms with E-state index >= 15 is 0 Å². The molecule has 1 aliphatic heterocycles. The third kappa shape index (κ3) is 6.01. The highest BCUT2D eigenvalue weighted by Gasteiger charge is 2.18. The highest BCUT2D eigenvalue weighted by molar-refractivity contribution is 8.03.